The Balaban J connectivity index is 1.80. The maximum atomic E-state index is 13.4. The maximum absolute atomic E-state index is 13.4. The monoisotopic (exact) mass is 488 g/mol. The summed E-state index contributed by atoms with van der Waals surface area (Å²) in [6, 6.07) is 18.8. The molecule has 32 heavy (non-hydrogen) atoms. The molecular formula is C25H26Cl2N2O2S. The van der Waals surface area contributed by atoms with E-state index in [1.807, 2.05) is 42.2 Å². The number of halogens is 2. The van der Waals surface area contributed by atoms with Gasteiger partial charge in [-0.3, -0.25) is 9.59 Å². The lowest BCUT2D eigenvalue weighted by molar-refractivity contribution is -0.133. The first-order valence-corrected chi connectivity index (χ1v) is 12.1. The third-order valence-corrected chi connectivity index (χ3v) is 6.71. The van der Waals surface area contributed by atoms with Gasteiger partial charge in [0, 0.05) is 28.4 Å². The summed E-state index contributed by atoms with van der Waals surface area (Å²) in [5.74, 6) is -0.327. The van der Waals surface area contributed by atoms with Crippen LogP contribution in [0.2, 0.25) is 10.0 Å². The second kappa shape index (κ2) is 11.5. The minimum Gasteiger partial charge on any atom is -0.332 e. The molecular weight excluding hydrogens is 463 g/mol. The number of carbonyl (C=O) groups is 2. The summed E-state index contributed by atoms with van der Waals surface area (Å²) in [6.07, 6.45) is 0.739. The molecule has 3 aromatic rings. The normalized spacial score (nSPS) is 10.8. The number of nitrogens with zero attached hydrogens (tertiary/aromatic N) is 2. The standard InChI is InChI=1S/C25H26Cl2N2O2S/c1-3-13-28(25(31)20-10-12-22(26)23(27)14-20)17-24(30)29(15-19-7-5-4-6-8-19)16-21-11-9-18(2)32-21/h4-12,14H,3,13,15-17H2,1-2H3. The van der Waals surface area contributed by atoms with Gasteiger partial charge in [0.1, 0.15) is 6.54 Å². The number of aryl methyl sites for hydroxylation is 1. The highest BCUT2D eigenvalue weighted by Gasteiger charge is 2.23. The van der Waals surface area contributed by atoms with E-state index >= 15 is 0 Å². The zero-order valence-corrected chi connectivity index (χ0v) is 20.5. The highest BCUT2D eigenvalue weighted by atomic mass is 35.5. The van der Waals surface area contributed by atoms with E-state index in [1.54, 1.807) is 34.4 Å². The van der Waals surface area contributed by atoms with Gasteiger partial charge in [-0.1, -0.05) is 60.5 Å². The van der Waals surface area contributed by atoms with Crippen LogP contribution in [0.15, 0.2) is 60.7 Å². The molecule has 2 aromatic carbocycles. The Labute approximate surface area is 203 Å². The van der Waals surface area contributed by atoms with Crippen LogP contribution in [-0.2, 0) is 17.9 Å². The summed E-state index contributed by atoms with van der Waals surface area (Å²) in [6.45, 7) is 5.50. The van der Waals surface area contributed by atoms with Gasteiger partial charge in [-0.25, -0.2) is 0 Å². The zero-order chi connectivity index (χ0) is 23.1. The molecule has 0 saturated heterocycles. The van der Waals surface area contributed by atoms with E-state index in [1.165, 1.54) is 4.88 Å². The maximum Gasteiger partial charge on any atom is 0.254 e. The first kappa shape index (κ1) is 24.3. The Kier molecular flexibility index (Phi) is 8.74. The van der Waals surface area contributed by atoms with Gasteiger partial charge in [-0.15, -0.1) is 11.3 Å². The van der Waals surface area contributed by atoms with Gasteiger partial charge < -0.3 is 9.80 Å². The van der Waals surface area contributed by atoms with Crippen molar-refractivity contribution in [2.24, 2.45) is 0 Å². The van der Waals surface area contributed by atoms with Gasteiger partial charge in [0.15, 0.2) is 0 Å². The number of amides is 2. The molecule has 168 valence electrons. The van der Waals surface area contributed by atoms with Crippen molar-refractivity contribution >= 4 is 46.4 Å². The Morgan fingerprint density at radius 1 is 0.906 bits per heavy atom. The number of rotatable bonds is 9. The minimum absolute atomic E-state index is 0.00408. The lowest BCUT2D eigenvalue weighted by Crippen LogP contribution is -2.42. The average molecular weight is 489 g/mol. The summed E-state index contributed by atoms with van der Waals surface area (Å²) in [5.41, 5.74) is 1.47. The van der Waals surface area contributed by atoms with Gasteiger partial charge in [0.2, 0.25) is 5.91 Å². The lowest BCUT2D eigenvalue weighted by atomic mass is 10.2. The summed E-state index contributed by atoms with van der Waals surface area (Å²) in [7, 11) is 0. The van der Waals surface area contributed by atoms with E-state index < -0.39 is 0 Å². The molecule has 0 unspecified atom stereocenters. The lowest BCUT2D eigenvalue weighted by Gasteiger charge is -2.27. The second-order valence-corrected chi connectivity index (χ2v) is 9.79. The molecule has 2 amide bonds. The fourth-order valence-electron chi connectivity index (χ4n) is 3.39. The van der Waals surface area contributed by atoms with Crippen molar-refractivity contribution in [1.82, 2.24) is 9.80 Å². The molecule has 0 aliphatic carbocycles. The van der Waals surface area contributed by atoms with Crippen molar-refractivity contribution in [2.45, 2.75) is 33.4 Å². The Hall–Kier alpha value is -2.34. The predicted molar refractivity (Wildman–Crippen MR) is 132 cm³/mol. The summed E-state index contributed by atoms with van der Waals surface area (Å²) in [5, 5.41) is 0.709. The third kappa shape index (κ3) is 6.58. The fourth-order valence-corrected chi connectivity index (χ4v) is 4.60. The molecule has 0 aliphatic rings. The molecule has 0 bridgehead atoms. The van der Waals surface area contributed by atoms with E-state index in [0.717, 1.165) is 16.9 Å². The van der Waals surface area contributed by atoms with Crippen LogP contribution in [0.5, 0.6) is 0 Å². The first-order valence-electron chi connectivity index (χ1n) is 10.5. The fraction of sp³-hybridized carbons (Fsp3) is 0.280. The smallest absolute Gasteiger partial charge is 0.254 e. The summed E-state index contributed by atoms with van der Waals surface area (Å²) < 4.78 is 0. The highest BCUT2D eigenvalue weighted by molar-refractivity contribution is 7.11. The number of hydrogen-bond acceptors (Lipinski definition) is 3. The van der Waals surface area contributed by atoms with Crippen molar-refractivity contribution in [3.8, 4) is 0 Å². The van der Waals surface area contributed by atoms with Gasteiger partial charge >= 0.3 is 0 Å². The van der Waals surface area contributed by atoms with E-state index in [9.17, 15) is 9.59 Å². The molecule has 0 radical (unpaired) electrons. The molecule has 0 aliphatic heterocycles. The van der Waals surface area contributed by atoms with Crippen LogP contribution in [0.3, 0.4) is 0 Å². The number of hydrogen-bond donors (Lipinski definition) is 0. The third-order valence-electron chi connectivity index (χ3n) is 4.99. The van der Waals surface area contributed by atoms with E-state index in [2.05, 4.69) is 19.1 Å². The SMILES string of the molecule is CCCN(CC(=O)N(Cc1ccccc1)Cc1ccc(C)s1)C(=O)c1ccc(Cl)c(Cl)c1. The van der Waals surface area contributed by atoms with Gasteiger partial charge in [0.25, 0.3) is 5.91 Å². The largest absolute Gasteiger partial charge is 0.332 e. The molecule has 0 fully saturated rings. The molecule has 0 spiro atoms. The molecule has 4 nitrogen and oxygen atoms in total. The van der Waals surface area contributed by atoms with Crippen LogP contribution in [0.4, 0.5) is 0 Å². The number of thiophene rings is 1. The van der Waals surface area contributed by atoms with Crippen molar-refractivity contribution in [3.05, 3.63) is 91.6 Å². The minimum atomic E-state index is -0.231. The van der Waals surface area contributed by atoms with E-state index in [0.29, 0.717) is 35.2 Å². The van der Waals surface area contributed by atoms with Gasteiger partial charge in [-0.2, -0.15) is 0 Å². The molecule has 0 atom stereocenters. The van der Waals surface area contributed by atoms with Crippen LogP contribution in [0.25, 0.3) is 0 Å². The molecule has 7 heteroatoms. The van der Waals surface area contributed by atoms with Gasteiger partial charge in [-0.05, 0) is 49.2 Å². The molecule has 0 saturated carbocycles. The second-order valence-electron chi connectivity index (χ2n) is 7.60. The molecule has 1 aromatic heterocycles. The topological polar surface area (TPSA) is 40.6 Å². The van der Waals surface area contributed by atoms with Crippen LogP contribution in [0.1, 0.15) is 39.0 Å². The Morgan fingerprint density at radius 3 is 2.28 bits per heavy atom. The van der Waals surface area contributed by atoms with Crippen molar-refractivity contribution in [2.75, 3.05) is 13.1 Å². The Morgan fingerprint density at radius 2 is 1.66 bits per heavy atom. The summed E-state index contributed by atoms with van der Waals surface area (Å²) in [4.78, 5) is 32.2. The van der Waals surface area contributed by atoms with Crippen molar-refractivity contribution in [1.29, 1.82) is 0 Å². The average Bonchev–Trinajstić information content (AvgIpc) is 3.19. The van der Waals surface area contributed by atoms with Gasteiger partial charge in [0.05, 0.1) is 16.6 Å². The van der Waals surface area contributed by atoms with Crippen molar-refractivity contribution < 1.29 is 9.59 Å². The zero-order valence-electron chi connectivity index (χ0n) is 18.2. The highest BCUT2D eigenvalue weighted by Crippen LogP contribution is 2.24. The molecule has 1 heterocycles. The molecule has 3 rings (SSSR count). The van der Waals surface area contributed by atoms with E-state index in [-0.39, 0.29) is 18.4 Å². The van der Waals surface area contributed by atoms with Crippen LogP contribution >= 0.6 is 34.5 Å². The Bertz CT molecular complexity index is 1070. The predicted octanol–water partition coefficient (Wildman–Crippen LogP) is 6.44. The number of carbonyl (C=O) groups excluding carboxylic acids is 2. The van der Waals surface area contributed by atoms with Crippen molar-refractivity contribution in [3.63, 3.8) is 0 Å². The van der Waals surface area contributed by atoms with Crippen LogP contribution in [0, 0.1) is 6.92 Å². The quantitative estimate of drug-likeness (QED) is 0.347. The molecule has 0 N–H and O–H groups in total. The van der Waals surface area contributed by atoms with Crippen LogP contribution < -0.4 is 0 Å². The number of benzene rings is 2. The first-order chi connectivity index (χ1) is 15.4. The van der Waals surface area contributed by atoms with Crippen LogP contribution in [-0.4, -0.2) is 34.7 Å². The van der Waals surface area contributed by atoms with E-state index in [4.69, 9.17) is 23.2 Å². The summed E-state index contributed by atoms with van der Waals surface area (Å²) >= 11 is 13.8.